The summed E-state index contributed by atoms with van der Waals surface area (Å²) in [6, 6.07) is 7.16. The highest BCUT2D eigenvalue weighted by Gasteiger charge is 2.05. The number of anilines is 2. The monoisotopic (exact) mass is 278 g/mol. The standard InChI is InChI=1S/C12H8Cl2N4/c13-7-3-8(14)5-9(4-7)18-12-10-1-2-15-11(10)16-6-17-12/h1-6H,(H2,15,16,17,18). The molecule has 0 amide bonds. The maximum atomic E-state index is 5.95. The van der Waals surface area contributed by atoms with Gasteiger partial charge in [-0.1, -0.05) is 23.2 Å². The minimum Gasteiger partial charge on any atom is -0.346 e. The molecule has 90 valence electrons. The molecule has 0 fully saturated rings. The molecule has 0 spiro atoms. The van der Waals surface area contributed by atoms with Crippen molar-refractivity contribution in [1.29, 1.82) is 0 Å². The first kappa shape index (κ1) is 11.3. The number of nitrogens with zero attached hydrogens (tertiary/aromatic N) is 2. The van der Waals surface area contributed by atoms with Crippen LogP contribution in [0.5, 0.6) is 0 Å². The normalized spacial score (nSPS) is 10.8. The van der Waals surface area contributed by atoms with Gasteiger partial charge in [-0.15, -0.1) is 0 Å². The Morgan fingerprint density at radius 3 is 2.61 bits per heavy atom. The quantitative estimate of drug-likeness (QED) is 0.745. The fourth-order valence-corrected chi connectivity index (χ4v) is 2.26. The van der Waals surface area contributed by atoms with Crippen LogP contribution < -0.4 is 5.32 Å². The Morgan fingerprint density at radius 1 is 1.06 bits per heavy atom. The molecule has 0 atom stereocenters. The van der Waals surface area contributed by atoms with Crippen LogP contribution >= 0.6 is 23.2 Å². The lowest BCUT2D eigenvalue weighted by Gasteiger charge is -2.07. The van der Waals surface area contributed by atoms with Gasteiger partial charge in [-0.05, 0) is 24.3 Å². The van der Waals surface area contributed by atoms with Crippen molar-refractivity contribution < 1.29 is 0 Å². The summed E-state index contributed by atoms with van der Waals surface area (Å²) in [7, 11) is 0. The lowest BCUT2D eigenvalue weighted by Crippen LogP contribution is -1.95. The zero-order valence-corrected chi connectivity index (χ0v) is 10.6. The SMILES string of the molecule is Clc1cc(Cl)cc(Nc2ncnc3[nH]ccc23)c1. The molecule has 0 aliphatic rings. The molecule has 2 N–H and O–H groups in total. The van der Waals surface area contributed by atoms with Gasteiger partial charge >= 0.3 is 0 Å². The molecule has 3 aromatic rings. The third-order valence-corrected chi connectivity index (χ3v) is 2.92. The molecule has 1 aromatic carbocycles. The molecule has 0 bridgehead atoms. The van der Waals surface area contributed by atoms with Gasteiger partial charge in [-0.25, -0.2) is 9.97 Å². The Morgan fingerprint density at radius 2 is 1.83 bits per heavy atom. The lowest BCUT2D eigenvalue weighted by atomic mass is 10.3. The Hall–Kier alpha value is -1.78. The topological polar surface area (TPSA) is 53.6 Å². The number of H-pyrrole nitrogens is 1. The predicted octanol–water partition coefficient (Wildman–Crippen LogP) is 4.01. The van der Waals surface area contributed by atoms with Gasteiger partial charge in [-0.3, -0.25) is 0 Å². The van der Waals surface area contributed by atoms with Crippen molar-refractivity contribution in [3.63, 3.8) is 0 Å². The number of hydrogen-bond acceptors (Lipinski definition) is 3. The van der Waals surface area contributed by atoms with Crippen LogP contribution in [0.3, 0.4) is 0 Å². The van der Waals surface area contributed by atoms with Crippen molar-refractivity contribution in [1.82, 2.24) is 15.0 Å². The van der Waals surface area contributed by atoms with E-state index in [0.717, 1.165) is 16.7 Å². The highest BCUT2D eigenvalue weighted by atomic mass is 35.5. The average molecular weight is 279 g/mol. The van der Waals surface area contributed by atoms with E-state index in [1.54, 1.807) is 18.2 Å². The van der Waals surface area contributed by atoms with Crippen molar-refractivity contribution in [2.75, 3.05) is 5.32 Å². The molecule has 2 heterocycles. The van der Waals surface area contributed by atoms with Crippen molar-refractivity contribution in [2.24, 2.45) is 0 Å². The molecule has 4 nitrogen and oxygen atoms in total. The third-order valence-electron chi connectivity index (χ3n) is 2.48. The number of aromatic nitrogens is 3. The zero-order valence-electron chi connectivity index (χ0n) is 9.11. The Balaban J connectivity index is 2.03. The van der Waals surface area contributed by atoms with E-state index >= 15 is 0 Å². The van der Waals surface area contributed by atoms with Gasteiger partial charge in [0.15, 0.2) is 0 Å². The molecule has 2 aromatic heterocycles. The van der Waals surface area contributed by atoms with Crippen molar-refractivity contribution in [3.05, 3.63) is 46.8 Å². The number of halogens is 2. The number of benzene rings is 1. The molecular weight excluding hydrogens is 271 g/mol. The van der Waals surface area contributed by atoms with Crippen molar-refractivity contribution in [3.8, 4) is 0 Å². The summed E-state index contributed by atoms with van der Waals surface area (Å²) in [6.07, 6.45) is 3.31. The fraction of sp³-hybridized carbons (Fsp3) is 0. The second kappa shape index (κ2) is 4.48. The zero-order chi connectivity index (χ0) is 12.5. The van der Waals surface area contributed by atoms with E-state index in [2.05, 4.69) is 20.3 Å². The maximum Gasteiger partial charge on any atom is 0.143 e. The van der Waals surface area contributed by atoms with Crippen LogP contribution in [-0.4, -0.2) is 15.0 Å². The average Bonchev–Trinajstić information content (AvgIpc) is 2.76. The summed E-state index contributed by atoms with van der Waals surface area (Å²) in [4.78, 5) is 11.4. The van der Waals surface area contributed by atoms with Gasteiger partial charge in [0, 0.05) is 21.9 Å². The molecule has 0 saturated heterocycles. The summed E-state index contributed by atoms with van der Waals surface area (Å²) >= 11 is 11.9. The fourth-order valence-electron chi connectivity index (χ4n) is 1.73. The molecule has 0 aliphatic heterocycles. The summed E-state index contributed by atoms with van der Waals surface area (Å²) in [5.41, 5.74) is 1.56. The minimum absolute atomic E-state index is 0.573. The van der Waals surface area contributed by atoms with Crippen LogP contribution in [0.1, 0.15) is 0 Å². The number of rotatable bonds is 2. The number of hydrogen-bond donors (Lipinski definition) is 2. The van der Waals surface area contributed by atoms with Gasteiger partial charge < -0.3 is 10.3 Å². The summed E-state index contributed by atoms with van der Waals surface area (Å²) in [5.74, 6) is 0.708. The lowest BCUT2D eigenvalue weighted by molar-refractivity contribution is 1.20. The van der Waals surface area contributed by atoms with Crippen LogP contribution in [0.2, 0.25) is 10.0 Å². The Labute approximate surface area is 113 Å². The van der Waals surface area contributed by atoms with Crippen LogP contribution in [0, 0.1) is 0 Å². The molecule has 0 saturated carbocycles. The van der Waals surface area contributed by atoms with Crippen LogP contribution in [0.25, 0.3) is 11.0 Å². The molecule has 6 heteroatoms. The van der Waals surface area contributed by atoms with Crippen molar-refractivity contribution >= 4 is 45.7 Å². The Bertz CT molecular complexity index is 688. The highest BCUT2D eigenvalue weighted by Crippen LogP contribution is 2.27. The maximum absolute atomic E-state index is 5.95. The largest absolute Gasteiger partial charge is 0.346 e. The molecule has 18 heavy (non-hydrogen) atoms. The van der Waals surface area contributed by atoms with Crippen LogP contribution in [0.15, 0.2) is 36.8 Å². The summed E-state index contributed by atoms with van der Waals surface area (Å²) in [6.45, 7) is 0. The molecule has 0 aliphatic carbocycles. The minimum atomic E-state index is 0.573. The van der Waals surface area contributed by atoms with E-state index in [0.29, 0.717) is 15.9 Å². The van der Waals surface area contributed by atoms with E-state index in [4.69, 9.17) is 23.2 Å². The van der Waals surface area contributed by atoms with Crippen molar-refractivity contribution in [2.45, 2.75) is 0 Å². The summed E-state index contributed by atoms with van der Waals surface area (Å²) in [5, 5.41) is 5.23. The van der Waals surface area contributed by atoms with E-state index in [1.165, 1.54) is 6.33 Å². The number of nitrogens with one attached hydrogen (secondary N) is 2. The van der Waals surface area contributed by atoms with Gasteiger partial charge in [0.25, 0.3) is 0 Å². The first-order valence-electron chi connectivity index (χ1n) is 5.23. The third kappa shape index (κ3) is 2.12. The van der Waals surface area contributed by atoms with E-state index < -0.39 is 0 Å². The summed E-state index contributed by atoms with van der Waals surface area (Å²) < 4.78 is 0. The van der Waals surface area contributed by atoms with E-state index in [9.17, 15) is 0 Å². The first-order chi connectivity index (χ1) is 8.72. The van der Waals surface area contributed by atoms with Gasteiger partial charge in [0.1, 0.15) is 17.8 Å². The smallest absolute Gasteiger partial charge is 0.143 e. The van der Waals surface area contributed by atoms with Crippen LogP contribution in [-0.2, 0) is 0 Å². The van der Waals surface area contributed by atoms with Crippen LogP contribution in [0.4, 0.5) is 11.5 Å². The van der Waals surface area contributed by atoms with Gasteiger partial charge in [-0.2, -0.15) is 0 Å². The molecular formula is C12H8Cl2N4. The van der Waals surface area contributed by atoms with E-state index in [-0.39, 0.29) is 0 Å². The number of aromatic amines is 1. The first-order valence-corrected chi connectivity index (χ1v) is 5.99. The second-order valence-corrected chi connectivity index (χ2v) is 4.62. The molecule has 3 rings (SSSR count). The number of fused-ring (bicyclic) bond motifs is 1. The molecule has 0 radical (unpaired) electrons. The second-order valence-electron chi connectivity index (χ2n) is 3.75. The Kier molecular flexibility index (Phi) is 2.81. The highest BCUT2D eigenvalue weighted by molar-refractivity contribution is 6.35. The van der Waals surface area contributed by atoms with E-state index in [1.807, 2.05) is 12.3 Å². The van der Waals surface area contributed by atoms with Gasteiger partial charge in [0.05, 0.1) is 5.39 Å². The van der Waals surface area contributed by atoms with Gasteiger partial charge in [0.2, 0.25) is 0 Å². The predicted molar refractivity (Wildman–Crippen MR) is 73.6 cm³/mol. The molecule has 0 unspecified atom stereocenters.